The van der Waals surface area contributed by atoms with Crippen LogP contribution in [0.5, 0.6) is 0 Å². The van der Waals surface area contributed by atoms with E-state index in [1.54, 1.807) is 6.92 Å². The van der Waals surface area contributed by atoms with E-state index in [2.05, 4.69) is 12.2 Å². The Kier molecular flexibility index (Phi) is 3.43. The van der Waals surface area contributed by atoms with Crippen molar-refractivity contribution in [3.05, 3.63) is 12.2 Å². The summed E-state index contributed by atoms with van der Waals surface area (Å²) < 4.78 is 17.6. The lowest BCUT2D eigenvalue weighted by Crippen LogP contribution is -2.42. The number of hydrogen-bond acceptors (Lipinski definition) is 5. The SMILES string of the molecule is CC(OC(=O)C1CC2OC1C1C3C=CC(C3)C21)C(=O)OC12CCC(CC1)C2. The number of carbonyl (C=O) groups excluding carboxylic acids is 2. The average molecular weight is 372 g/mol. The summed E-state index contributed by atoms with van der Waals surface area (Å²) in [4.78, 5) is 25.4. The van der Waals surface area contributed by atoms with Gasteiger partial charge in [-0.15, -0.1) is 0 Å². The number of fused-ring (bicyclic) bond motifs is 11. The zero-order chi connectivity index (χ0) is 18.3. The lowest BCUT2D eigenvalue weighted by molar-refractivity contribution is -0.180. The van der Waals surface area contributed by atoms with Crippen LogP contribution in [-0.4, -0.2) is 35.9 Å². The Balaban J connectivity index is 1.09. The normalized spacial score (nSPS) is 51.6. The van der Waals surface area contributed by atoms with Gasteiger partial charge in [0.15, 0.2) is 6.10 Å². The average Bonchev–Trinajstić information content (AvgIpc) is 3.48. The first kappa shape index (κ1) is 16.6. The maximum absolute atomic E-state index is 12.8. The Bertz CT molecular complexity index is 705. The smallest absolute Gasteiger partial charge is 0.347 e. The number of rotatable bonds is 4. The third-order valence-corrected chi connectivity index (χ3v) is 8.53. The molecule has 0 spiro atoms. The summed E-state index contributed by atoms with van der Waals surface area (Å²) in [7, 11) is 0. The molecular weight excluding hydrogens is 344 g/mol. The van der Waals surface area contributed by atoms with Gasteiger partial charge in [0.2, 0.25) is 0 Å². The van der Waals surface area contributed by atoms with Crippen LogP contribution < -0.4 is 0 Å². The molecule has 8 unspecified atom stereocenters. The van der Waals surface area contributed by atoms with Crippen molar-refractivity contribution < 1.29 is 23.8 Å². The van der Waals surface area contributed by atoms with E-state index in [1.807, 2.05) is 0 Å². The minimum absolute atomic E-state index is 0.0281. The zero-order valence-electron chi connectivity index (χ0n) is 15.8. The molecule has 0 amide bonds. The van der Waals surface area contributed by atoms with Gasteiger partial charge in [-0.3, -0.25) is 4.79 Å². The lowest BCUT2D eigenvalue weighted by atomic mass is 9.69. The summed E-state index contributed by atoms with van der Waals surface area (Å²) in [6.45, 7) is 1.65. The minimum atomic E-state index is -0.832. The second-order valence-corrected chi connectivity index (χ2v) is 9.92. The van der Waals surface area contributed by atoms with Crippen LogP contribution in [0.2, 0.25) is 0 Å². The standard InChI is InChI=1S/C22H28O5/c1-11(20(23)27-22-6-4-12(10-22)5-7-22)25-21(24)15-9-16-17-13-2-3-14(8-13)18(17)19(15)26-16/h2-3,11-19H,4-10H2,1H3. The molecule has 146 valence electrons. The largest absolute Gasteiger partial charge is 0.456 e. The first-order valence-electron chi connectivity index (χ1n) is 10.8. The van der Waals surface area contributed by atoms with E-state index in [4.69, 9.17) is 14.2 Å². The van der Waals surface area contributed by atoms with Crippen LogP contribution in [0.15, 0.2) is 12.2 Å². The van der Waals surface area contributed by atoms with Crippen molar-refractivity contribution in [2.24, 2.45) is 35.5 Å². The second-order valence-electron chi connectivity index (χ2n) is 9.92. The fourth-order valence-corrected chi connectivity index (χ4v) is 7.35. The third kappa shape index (κ3) is 2.33. The molecule has 0 aromatic rings. The monoisotopic (exact) mass is 372 g/mol. The summed E-state index contributed by atoms with van der Waals surface area (Å²) in [6, 6.07) is 0. The summed E-state index contributed by atoms with van der Waals surface area (Å²) in [6.07, 6.45) is 11.2. The van der Waals surface area contributed by atoms with Gasteiger partial charge in [-0.2, -0.15) is 0 Å². The molecule has 0 aromatic carbocycles. The molecular formula is C22H28O5. The quantitative estimate of drug-likeness (QED) is 0.561. The summed E-state index contributed by atoms with van der Waals surface area (Å²) >= 11 is 0. The molecule has 8 atom stereocenters. The lowest BCUT2D eigenvalue weighted by Gasteiger charge is -2.33. The molecule has 0 N–H and O–H groups in total. The van der Waals surface area contributed by atoms with Gasteiger partial charge in [-0.1, -0.05) is 12.2 Å². The highest BCUT2D eigenvalue weighted by Gasteiger charge is 2.64. The maximum atomic E-state index is 12.8. The highest BCUT2D eigenvalue weighted by atomic mass is 16.6. The molecule has 5 heteroatoms. The predicted molar refractivity (Wildman–Crippen MR) is 95.4 cm³/mol. The van der Waals surface area contributed by atoms with Crippen molar-refractivity contribution in [3.8, 4) is 0 Å². The van der Waals surface area contributed by atoms with Crippen LogP contribution in [0.1, 0.15) is 51.9 Å². The van der Waals surface area contributed by atoms with Crippen molar-refractivity contribution in [2.75, 3.05) is 0 Å². The Labute approximate surface area is 159 Å². The van der Waals surface area contributed by atoms with Gasteiger partial charge < -0.3 is 14.2 Å². The molecule has 0 aromatic heterocycles. The summed E-state index contributed by atoms with van der Waals surface area (Å²) in [5.74, 6) is 2.09. The third-order valence-electron chi connectivity index (χ3n) is 8.53. The van der Waals surface area contributed by atoms with E-state index in [1.165, 1.54) is 6.42 Å². The van der Waals surface area contributed by atoms with Crippen molar-refractivity contribution in [1.29, 1.82) is 0 Å². The van der Waals surface area contributed by atoms with Gasteiger partial charge in [0.1, 0.15) is 5.60 Å². The fourth-order valence-electron chi connectivity index (χ4n) is 7.35. The van der Waals surface area contributed by atoms with Crippen molar-refractivity contribution in [3.63, 3.8) is 0 Å². The summed E-state index contributed by atoms with van der Waals surface area (Å²) in [5, 5.41) is 0. The highest BCUT2D eigenvalue weighted by Crippen LogP contribution is 2.61. The van der Waals surface area contributed by atoms with Crippen LogP contribution in [0.4, 0.5) is 0 Å². The van der Waals surface area contributed by atoms with Crippen molar-refractivity contribution >= 4 is 11.9 Å². The molecule has 5 nitrogen and oxygen atoms in total. The molecule has 2 aliphatic heterocycles. The van der Waals surface area contributed by atoms with Crippen LogP contribution >= 0.6 is 0 Å². The molecule has 5 fully saturated rings. The molecule has 27 heavy (non-hydrogen) atoms. The van der Waals surface area contributed by atoms with Crippen molar-refractivity contribution in [1.82, 2.24) is 0 Å². The maximum Gasteiger partial charge on any atom is 0.347 e. The van der Waals surface area contributed by atoms with E-state index < -0.39 is 6.10 Å². The Morgan fingerprint density at radius 3 is 2.56 bits per heavy atom. The second kappa shape index (κ2) is 5.59. The highest BCUT2D eigenvalue weighted by molar-refractivity contribution is 5.81. The Hall–Kier alpha value is -1.36. The number of hydrogen-bond donors (Lipinski definition) is 0. The number of carbonyl (C=O) groups is 2. The first-order valence-corrected chi connectivity index (χ1v) is 10.8. The molecule has 6 rings (SSSR count). The van der Waals surface area contributed by atoms with Crippen LogP contribution in [0.25, 0.3) is 0 Å². The molecule has 0 radical (unpaired) electrons. The van der Waals surface area contributed by atoms with E-state index >= 15 is 0 Å². The van der Waals surface area contributed by atoms with Gasteiger partial charge in [-0.25, -0.2) is 4.79 Å². The van der Waals surface area contributed by atoms with Gasteiger partial charge in [0.25, 0.3) is 0 Å². The van der Waals surface area contributed by atoms with E-state index in [0.29, 0.717) is 29.6 Å². The van der Waals surface area contributed by atoms with Gasteiger partial charge >= 0.3 is 11.9 Å². The molecule has 6 aliphatic rings. The molecule has 2 heterocycles. The molecule has 3 saturated carbocycles. The predicted octanol–water partition coefficient (Wildman–Crippen LogP) is 3.02. The van der Waals surface area contributed by atoms with Gasteiger partial charge in [0, 0.05) is 0 Å². The fraction of sp³-hybridized carbons (Fsp3) is 0.818. The zero-order valence-corrected chi connectivity index (χ0v) is 15.8. The van der Waals surface area contributed by atoms with Crippen LogP contribution in [0, 0.1) is 35.5 Å². The molecule has 6 bridgehead atoms. The van der Waals surface area contributed by atoms with Crippen molar-refractivity contribution in [2.45, 2.75) is 75.8 Å². The van der Waals surface area contributed by atoms with E-state index in [-0.39, 0.29) is 35.7 Å². The van der Waals surface area contributed by atoms with Gasteiger partial charge in [-0.05, 0) is 81.5 Å². The molecule has 4 aliphatic carbocycles. The Morgan fingerprint density at radius 1 is 1.11 bits per heavy atom. The van der Waals surface area contributed by atoms with Crippen LogP contribution in [-0.2, 0) is 23.8 Å². The summed E-state index contributed by atoms with van der Waals surface area (Å²) in [5.41, 5.74) is -0.277. The number of esters is 2. The molecule has 2 saturated heterocycles. The van der Waals surface area contributed by atoms with E-state index in [9.17, 15) is 9.59 Å². The van der Waals surface area contributed by atoms with Gasteiger partial charge in [0.05, 0.1) is 18.1 Å². The van der Waals surface area contributed by atoms with E-state index in [0.717, 1.165) is 38.5 Å². The number of ether oxygens (including phenoxy) is 3. The first-order chi connectivity index (χ1) is 13.0. The Morgan fingerprint density at radius 2 is 1.85 bits per heavy atom. The topological polar surface area (TPSA) is 61.8 Å². The number of allylic oxidation sites excluding steroid dienone is 2. The minimum Gasteiger partial charge on any atom is -0.456 e. The van der Waals surface area contributed by atoms with Crippen LogP contribution in [0.3, 0.4) is 0 Å².